The second-order valence-electron chi connectivity index (χ2n) is 7.09. The lowest BCUT2D eigenvalue weighted by atomic mass is 10.1. The number of nitrogens with zero attached hydrogens (tertiary/aromatic N) is 1. The number of carbonyl (C=O) groups is 2. The van der Waals surface area contributed by atoms with Gasteiger partial charge in [0, 0.05) is 24.2 Å². The van der Waals surface area contributed by atoms with Crippen molar-refractivity contribution in [3.05, 3.63) is 75.7 Å². The maximum Gasteiger partial charge on any atom is 0.319 e. The van der Waals surface area contributed by atoms with Crippen molar-refractivity contribution in [2.24, 2.45) is 0 Å². The van der Waals surface area contributed by atoms with Gasteiger partial charge in [-0.2, -0.15) is 0 Å². The van der Waals surface area contributed by atoms with Crippen LogP contribution in [0.2, 0.25) is 0 Å². The van der Waals surface area contributed by atoms with Crippen molar-refractivity contribution in [3.8, 4) is 5.75 Å². The molecule has 0 aliphatic heterocycles. The van der Waals surface area contributed by atoms with E-state index in [1.807, 2.05) is 56.3 Å². The number of aryl methyl sites for hydroxylation is 2. The number of ether oxygens (including phenoxy) is 1. The van der Waals surface area contributed by atoms with Gasteiger partial charge in [-0.3, -0.25) is 4.79 Å². The first-order valence-corrected chi connectivity index (χ1v) is 10.9. The van der Waals surface area contributed by atoms with Crippen molar-refractivity contribution < 1.29 is 14.3 Å². The minimum atomic E-state index is -0.273. The molecule has 0 aliphatic rings. The summed E-state index contributed by atoms with van der Waals surface area (Å²) in [7, 11) is 0. The molecule has 8 heteroatoms. The molecule has 0 unspecified atom stereocenters. The van der Waals surface area contributed by atoms with E-state index in [4.69, 9.17) is 4.74 Å². The van der Waals surface area contributed by atoms with Crippen LogP contribution in [-0.4, -0.2) is 30.0 Å². The fourth-order valence-corrected chi connectivity index (χ4v) is 3.61. The molecule has 0 saturated heterocycles. The van der Waals surface area contributed by atoms with Gasteiger partial charge in [0.15, 0.2) is 0 Å². The normalized spacial score (nSPS) is 10.4. The monoisotopic (exact) mass is 438 g/mol. The molecule has 0 atom stereocenters. The Morgan fingerprint density at radius 3 is 2.45 bits per heavy atom. The Morgan fingerprint density at radius 1 is 1.00 bits per heavy atom. The van der Waals surface area contributed by atoms with E-state index in [9.17, 15) is 9.59 Å². The second-order valence-corrected chi connectivity index (χ2v) is 8.04. The zero-order valence-electron chi connectivity index (χ0n) is 17.6. The summed E-state index contributed by atoms with van der Waals surface area (Å²) in [6, 6.07) is 15.0. The number of para-hydroxylation sites is 1. The van der Waals surface area contributed by atoms with Gasteiger partial charge in [-0.15, -0.1) is 11.3 Å². The van der Waals surface area contributed by atoms with Crippen LogP contribution in [0.15, 0.2) is 53.9 Å². The molecule has 1 aromatic heterocycles. The van der Waals surface area contributed by atoms with E-state index < -0.39 is 0 Å². The summed E-state index contributed by atoms with van der Waals surface area (Å²) in [6.45, 7) is 5.26. The number of anilines is 1. The highest BCUT2D eigenvalue weighted by atomic mass is 32.1. The molecule has 7 nitrogen and oxygen atoms in total. The summed E-state index contributed by atoms with van der Waals surface area (Å²) in [5, 5.41) is 10.8. The first-order valence-electron chi connectivity index (χ1n) is 10.0. The third kappa shape index (κ3) is 7.42. The van der Waals surface area contributed by atoms with Crippen LogP contribution in [-0.2, 0) is 6.61 Å². The standard InChI is InChI=1S/C23H26N4O3S/c1-16-11-17(2)13-19(12-16)30-14-21-27-20(15-31-21)22(28)24-9-6-10-25-23(29)26-18-7-4-3-5-8-18/h3-5,7-8,11-13,15H,6,9-10,14H2,1-2H3,(H,24,28)(H2,25,26,29). The van der Waals surface area contributed by atoms with Gasteiger partial charge in [0.05, 0.1) is 0 Å². The van der Waals surface area contributed by atoms with E-state index in [1.54, 1.807) is 5.38 Å². The van der Waals surface area contributed by atoms with Crippen LogP contribution in [0.25, 0.3) is 0 Å². The van der Waals surface area contributed by atoms with Gasteiger partial charge in [-0.1, -0.05) is 24.3 Å². The second kappa shape index (κ2) is 11.1. The maximum atomic E-state index is 12.3. The number of carbonyl (C=O) groups excluding carboxylic acids is 2. The molecule has 0 saturated carbocycles. The molecule has 3 rings (SSSR count). The average molecular weight is 439 g/mol. The van der Waals surface area contributed by atoms with E-state index in [0.29, 0.717) is 31.8 Å². The topological polar surface area (TPSA) is 92.3 Å². The van der Waals surface area contributed by atoms with E-state index in [1.165, 1.54) is 11.3 Å². The molecule has 2 aromatic carbocycles. The number of benzene rings is 2. The molecule has 0 spiro atoms. The fourth-order valence-electron chi connectivity index (χ4n) is 2.92. The van der Waals surface area contributed by atoms with Gasteiger partial charge in [0.1, 0.15) is 23.1 Å². The summed E-state index contributed by atoms with van der Waals surface area (Å²) in [4.78, 5) is 28.4. The lowest BCUT2D eigenvalue weighted by molar-refractivity contribution is 0.0948. The number of urea groups is 1. The van der Waals surface area contributed by atoms with E-state index in [2.05, 4.69) is 27.0 Å². The summed E-state index contributed by atoms with van der Waals surface area (Å²) in [5.74, 6) is 0.560. The molecule has 0 aliphatic carbocycles. The van der Waals surface area contributed by atoms with E-state index in [0.717, 1.165) is 27.6 Å². The first kappa shape index (κ1) is 22.3. The molecule has 0 radical (unpaired) electrons. The molecule has 3 aromatic rings. The van der Waals surface area contributed by atoms with Crippen LogP contribution in [0.3, 0.4) is 0 Å². The third-order valence-electron chi connectivity index (χ3n) is 4.30. The highest BCUT2D eigenvalue weighted by Gasteiger charge is 2.11. The Morgan fingerprint density at radius 2 is 1.71 bits per heavy atom. The van der Waals surface area contributed by atoms with Crippen molar-refractivity contribution in [2.75, 3.05) is 18.4 Å². The van der Waals surface area contributed by atoms with Gasteiger partial charge in [-0.05, 0) is 55.7 Å². The quantitative estimate of drug-likeness (QED) is 0.435. The fraction of sp³-hybridized carbons (Fsp3) is 0.261. The summed E-state index contributed by atoms with van der Waals surface area (Å²) in [6.07, 6.45) is 0.612. The van der Waals surface area contributed by atoms with Crippen LogP contribution >= 0.6 is 11.3 Å². The Kier molecular flexibility index (Phi) is 8.00. The van der Waals surface area contributed by atoms with Crippen molar-refractivity contribution in [2.45, 2.75) is 26.9 Å². The molecule has 1 heterocycles. The number of amides is 3. The summed E-state index contributed by atoms with van der Waals surface area (Å²) >= 11 is 1.39. The third-order valence-corrected chi connectivity index (χ3v) is 5.12. The molecule has 0 fully saturated rings. The van der Waals surface area contributed by atoms with Gasteiger partial charge < -0.3 is 20.7 Å². The van der Waals surface area contributed by atoms with Gasteiger partial charge in [0.25, 0.3) is 5.91 Å². The van der Waals surface area contributed by atoms with Crippen molar-refractivity contribution in [1.29, 1.82) is 0 Å². The molecular weight excluding hydrogens is 412 g/mol. The lowest BCUT2D eigenvalue weighted by Crippen LogP contribution is -2.32. The Labute approximate surface area is 185 Å². The summed E-state index contributed by atoms with van der Waals surface area (Å²) < 4.78 is 5.79. The van der Waals surface area contributed by atoms with Crippen LogP contribution in [0, 0.1) is 13.8 Å². The Balaban J connectivity index is 1.34. The van der Waals surface area contributed by atoms with E-state index >= 15 is 0 Å². The predicted octanol–water partition coefficient (Wildman–Crippen LogP) is 4.28. The van der Waals surface area contributed by atoms with Crippen LogP contribution < -0.4 is 20.7 Å². The largest absolute Gasteiger partial charge is 0.486 e. The van der Waals surface area contributed by atoms with Gasteiger partial charge in [0.2, 0.25) is 0 Å². The number of thiazole rings is 1. The predicted molar refractivity (Wildman–Crippen MR) is 123 cm³/mol. The summed E-state index contributed by atoms with van der Waals surface area (Å²) in [5.41, 5.74) is 3.38. The highest BCUT2D eigenvalue weighted by molar-refractivity contribution is 7.09. The lowest BCUT2D eigenvalue weighted by Gasteiger charge is -2.08. The minimum absolute atomic E-state index is 0.234. The SMILES string of the molecule is Cc1cc(C)cc(OCc2nc(C(=O)NCCCNC(=O)Nc3ccccc3)cs2)c1. The Bertz CT molecular complexity index is 1000. The van der Waals surface area contributed by atoms with Gasteiger partial charge in [-0.25, -0.2) is 9.78 Å². The van der Waals surface area contributed by atoms with Crippen molar-refractivity contribution >= 4 is 29.0 Å². The number of hydrogen-bond acceptors (Lipinski definition) is 5. The molecule has 31 heavy (non-hydrogen) atoms. The Hall–Kier alpha value is -3.39. The molecule has 0 bridgehead atoms. The number of aromatic nitrogens is 1. The first-order chi connectivity index (χ1) is 15.0. The van der Waals surface area contributed by atoms with Crippen LogP contribution in [0.4, 0.5) is 10.5 Å². The number of nitrogens with one attached hydrogen (secondary N) is 3. The average Bonchev–Trinajstić information content (AvgIpc) is 3.21. The van der Waals surface area contributed by atoms with Crippen molar-refractivity contribution in [3.63, 3.8) is 0 Å². The zero-order valence-corrected chi connectivity index (χ0v) is 18.4. The number of rotatable bonds is 9. The minimum Gasteiger partial charge on any atom is -0.486 e. The smallest absolute Gasteiger partial charge is 0.319 e. The van der Waals surface area contributed by atoms with Crippen LogP contribution in [0.5, 0.6) is 5.75 Å². The maximum absolute atomic E-state index is 12.3. The molecule has 162 valence electrons. The number of hydrogen-bond donors (Lipinski definition) is 3. The van der Waals surface area contributed by atoms with Gasteiger partial charge >= 0.3 is 6.03 Å². The molecule has 3 N–H and O–H groups in total. The highest BCUT2D eigenvalue weighted by Crippen LogP contribution is 2.19. The van der Waals surface area contributed by atoms with Crippen molar-refractivity contribution in [1.82, 2.24) is 15.6 Å². The van der Waals surface area contributed by atoms with Crippen LogP contribution in [0.1, 0.15) is 33.0 Å². The molecule has 3 amide bonds. The van der Waals surface area contributed by atoms with E-state index in [-0.39, 0.29) is 11.9 Å². The molecular formula is C23H26N4O3S. The zero-order chi connectivity index (χ0) is 22.1.